The number of hydrogen-bond donors (Lipinski definition) is 0. The second-order valence-electron chi connectivity index (χ2n) is 6.01. The van der Waals surface area contributed by atoms with E-state index in [-0.39, 0.29) is 10.1 Å². The molecule has 6 heteroatoms. The van der Waals surface area contributed by atoms with Gasteiger partial charge < -0.3 is 5.21 Å². The Bertz CT molecular complexity index is 414. The summed E-state index contributed by atoms with van der Waals surface area (Å²) in [4.78, 5) is 2.21. The van der Waals surface area contributed by atoms with Crippen molar-refractivity contribution in [3.05, 3.63) is 10.2 Å². The first kappa shape index (κ1) is 13.9. The fraction of sp³-hybridized carbons (Fsp3) is 0.833. The van der Waals surface area contributed by atoms with Crippen LogP contribution in [0.15, 0.2) is 0 Å². The first-order chi connectivity index (χ1) is 8.35. The van der Waals surface area contributed by atoms with Crippen molar-refractivity contribution in [3.63, 3.8) is 0 Å². The molecule has 5 nitrogen and oxygen atoms in total. The molecule has 0 aliphatic carbocycles. The third kappa shape index (κ3) is 2.71. The third-order valence-electron chi connectivity index (χ3n) is 3.15. The van der Waals surface area contributed by atoms with Gasteiger partial charge in [-0.15, -0.1) is 5.10 Å². The van der Waals surface area contributed by atoms with Gasteiger partial charge in [0, 0.05) is 12.0 Å². The second-order valence-corrected chi connectivity index (χ2v) is 6.97. The number of hydrogen-bond acceptors (Lipinski definition) is 5. The minimum atomic E-state index is -0.326. The van der Waals surface area contributed by atoms with Crippen LogP contribution in [-0.2, 0) is 5.41 Å². The van der Waals surface area contributed by atoms with E-state index in [4.69, 9.17) is 0 Å². The molecule has 1 aliphatic heterocycles. The normalized spacial score (nSPS) is 25.8. The van der Waals surface area contributed by atoms with Crippen LogP contribution in [0.5, 0.6) is 0 Å². The molecule has 0 amide bonds. The minimum Gasteiger partial charge on any atom is -0.625 e. The highest BCUT2D eigenvalue weighted by atomic mass is 32.1. The summed E-state index contributed by atoms with van der Waals surface area (Å²) in [5.74, 6) is 0. The Hall–Kier alpha value is -0.560. The Labute approximate surface area is 113 Å². The molecule has 0 spiro atoms. The van der Waals surface area contributed by atoms with Crippen molar-refractivity contribution in [3.8, 4) is 0 Å². The zero-order valence-electron chi connectivity index (χ0n) is 11.6. The Balaban J connectivity index is 2.14. The zero-order valence-corrected chi connectivity index (χ0v) is 12.5. The van der Waals surface area contributed by atoms with E-state index in [9.17, 15) is 5.21 Å². The van der Waals surface area contributed by atoms with E-state index in [1.807, 2.05) is 0 Å². The molecule has 1 aromatic heterocycles. The summed E-state index contributed by atoms with van der Waals surface area (Å²) in [6, 6.07) is 0. The van der Waals surface area contributed by atoms with Gasteiger partial charge in [0.2, 0.25) is 0 Å². The molecule has 1 aromatic rings. The van der Waals surface area contributed by atoms with Gasteiger partial charge in [-0.1, -0.05) is 32.8 Å². The van der Waals surface area contributed by atoms with Crippen LogP contribution in [0.4, 0.5) is 5.13 Å². The summed E-state index contributed by atoms with van der Waals surface area (Å²) in [6.45, 7) is 11.4. The molecule has 0 aromatic carbocycles. The molecule has 0 bridgehead atoms. The highest BCUT2D eigenvalue weighted by molar-refractivity contribution is 7.15. The molecular weight excluding hydrogens is 248 g/mol. The first-order valence-electron chi connectivity index (χ1n) is 6.50. The van der Waals surface area contributed by atoms with Crippen LogP contribution in [0.2, 0.25) is 0 Å². The van der Waals surface area contributed by atoms with Gasteiger partial charge in [-0.25, -0.2) is 0 Å². The Morgan fingerprint density at radius 1 is 1.39 bits per heavy atom. The van der Waals surface area contributed by atoms with Crippen LogP contribution in [0, 0.1) is 5.21 Å². The molecule has 2 rings (SSSR count). The SMILES string of the molecule is CCCN1CC[N+]([O-])(c2nnc(C(C)(C)C)s2)C1. The van der Waals surface area contributed by atoms with Crippen LogP contribution in [0.3, 0.4) is 0 Å². The van der Waals surface area contributed by atoms with E-state index in [1.165, 1.54) is 11.3 Å². The van der Waals surface area contributed by atoms with E-state index in [1.54, 1.807) is 0 Å². The standard InChI is InChI=1S/C12H22N4OS/c1-5-6-15-7-8-16(17,9-15)11-14-13-10(18-11)12(2,3)4/h5-9H2,1-4H3. The van der Waals surface area contributed by atoms with Crippen molar-refractivity contribution in [2.24, 2.45) is 0 Å². The highest BCUT2D eigenvalue weighted by Crippen LogP contribution is 2.34. The van der Waals surface area contributed by atoms with Gasteiger partial charge in [0.05, 0.1) is 13.1 Å². The smallest absolute Gasteiger partial charge is 0.307 e. The van der Waals surface area contributed by atoms with Gasteiger partial charge in [-0.2, -0.15) is 0 Å². The lowest BCUT2D eigenvalue weighted by Crippen LogP contribution is -2.42. The summed E-state index contributed by atoms with van der Waals surface area (Å²) >= 11 is 1.47. The Morgan fingerprint density at radius 3 is 2.67 bits per heavy atom. The van der Waals surface area contributed by atoms with Crippen molar-refractivity contribution in [1.29, 1.82) is 0 Å². The molecule has 18 heavy (non-hydrogen) atoms. The van der Waals surface area contributed by atoms with Crippen LogP contribution < -0.4 is 4.65 Å². The summed E-state index contributed by atoms with van der Waals surface area (Å²) < 4.78 is -0.326. The monoisotopic (exact) mass is 270 g/mol. The number of rotatable bonds is 3. The molecule has 1 atom stereocenters. The molecule has 102 valence electrons. The molecule has 1 saturated heterocycles. The quantitative estimate of drug-likeness (QED) is 0.625. The second kappa shape index (κ2) is 4.85. The van der Waals surface area contributed by atoms with Gasteiger partial charge in [0.15, 0.2) is 0 Å². The molecule has 1 unspecified atom stereocenters. The zero-order chi connectivity index (χ0) is 13.4. The summed E-state index contributed by atoms with van der Waals surface area (Å²) in [7, 11) is 0. The van der Waals surface area contributed by atoms with Crippen LogP contribution >= 0.6 is 11.3 Å². The van der Waals surface area contributed by atoms with Gasteiger partial charge in [0.25, 0.3) is 0 Å². The lowest BCUT2D eigenvalue weighted by Gasteiger charge is -2.34. The lowest BCUT2D eigenvalue weighted by atomic mass is 9.98. The predicted octanol–water partition coefficient (Wildman–Crippen LogP) is 2.32. The summed E-state index contributed by atoms with van der Waals surface area (Å²) in [5.41, 5.74) is -0.0299. The van der Waals surface area contributed by atoms with Crippen LogP contribution in [0.1, 0.15) is 39.1 Å². The van der Waals surface area contributed by atoms with E-state index in [2.05, 4.69) is 42.8 Å². The average Bonchev–Trinajstić information content (AvgIpc) is 2.85. The minimum absolute atomic E-state index is 0.0299. The largest absolute Gasteiger partial charge is 0.625 e. The van der Waals surface area contributed by atoms with E-state index in [0.29, 0.717) is 18.3 Å². The van der Waals surface area contributed by atoms with Gasteiger partial charge in [0.1, 0.15) is 11.7 Å². The van der Waals surface area contributed by atoms with Gasteiger partial charge >= 0.3 is 5.13 Å². The van der Waals surface area contributed by atoms with Crippen molar-refractivity contribution >= 4 is 16.5 Å². The number of aromatic nitrogens is 2. The summed E-state index contributed by atoms with van der Waals surface area (Å²) in [6.07, 6.45) is 1.09. The first-order valence-corrected chi connectivity index (χ1v) is 7.32. The van der Waals surface area contributed by atoms with Crippen molar-refractivity contribution in [2.45, 2.75) is 39.5 Å². The van der Waals surface area contributed by atoms with E-state index < -0.39 is 0 Å². The van der Waals surface area contributed by atoms with Gasteiger partial charge in [-0.05, 0) is 17.8 Å². The molecule has 0 radical (unpaired) electrons. The fourth-order valence-corrected chi connectivity index (χ4v) is 3.06. The number of hydroxylamine groups is 2. The molecular formula is C12H22N4OS. The lowest BCUT2D eigenvalue weighted by molar-refractivity contribution is 0.288. The maximum absolute atomic E-state index is 12.7. The molecule has 0 saturated carbocycles. The van der Waals surface area contributed by atoms with E-state index in [0.717, 1.165) is 24.5 Å². The molecule has 1 aliphatic rings. The van der Waals surface area contributed by atoms with E-state index >= 15 is 0 Å². The van der Waals surface area contributed by atoms with Crippen LogP contribution in [0.25, 0.3) is 0 Å². The van der Waals surface area contributed by atoms with Crippen LogP contribution in [-0.4, -0.2) is 41.4 Å². The Kier molecular flexibility index (Phi) is 3.73. The van der Waals surface area contributed by atoms with Crippen molar-refractivity contribution in [1.82, 2.24) is 19.7 Å². The number of nitrogens with zero attached hydrogens (tertiary/aromatic N) is 4. The molecule has 0 N–H and O–H groups in total. The van der Waals surface area contributed by atoms with Gasteiger partial charge in [-0.3, -0.25) is 9.55 Å². The van der Waals surface area contributed by atoms with Crippen molar-refractivity contribution in [2.75, 3.05) is 26.3 Å². The average molecular weight is 270 g/mol. The third-order valence-corrected chi connectivity index (χ3v) is 4.63. The number of quaternary nitrogens is 1. The maximum Gasteiger partial charge on any atom is 0.307 e. The summed E-state index contributed by atoms with van der Waals surface area (Å²) in [5, 5.41) is 22.6. The highest BCUT2D eigenvalue weighted by Gasteiger charge is 2.35. The molecule has 1 fully saturated rings. The fourth-order valence-electron chi connectivity index (χ4n) is 2.11. The molecule has 2 heterocycles. The van der Waals surface area contributed by atoms with Crippen molar-refractivity contribution < 1.29 is 0 Å². The predicted molar refractivity (Wildman–Crippen MR) is 75.4 cm³/mol. The topological polar surface area (TPSA) is 52.1 Å². The maximum atomic E-state index is 12.7. The Morgan fingerprint density at radius 2 is 2.11 bits per heavy atom.